The van der Waals surface area contributed by atoms with E-state index in [1.54, 1.807) is 39.1 Å². The van der Waals surface area contributed by atoms with Crippen LogP contribution in [0.2, 0.25) is 0 Å². The van der Waals surface area contributed by atoms with Crippen LogP contribution in [0.5, 0.6) is 0 Å². The first-order valence-corrected chi connectivity index (χ1v) is 6.10. The van der Waals surface area contributed by atoms with Gasteiger partial charge in [-0.15, -0.1) is 0 Å². The number of aryl methyl sites for hydroxylation is 1. The maximum absolute atomic E-state index is 11.5. The van der Waals surface area contributed by atoms with Crippen molar-refractivity contribution >= 4 is 15.9 Å². The van der Waals surface area contributed by atoms with Crippen LogP contribution in [0.1, 0.15) is 19.5 Å². The molecule has 84 valence electrons. The van der Waals surface area contributed by atoms with Gasteiger partial charge in [-0.05, 0) is 32.9 Å². The van der Waals surface area contributed by atoms with Crippen molar-refractivity contribution in [1.29, 1.82) is 0 Å². The van der Waals surface area contributed by atoms with Gasteiger partial charge < -0.3 is 0 Å². The van der Waals surface area contributed by atoms with Crippen LogP contribution in [-0.4, -0.2) is 19.4 Å². The molecule has 0 bridgehead atoms. The number of nitrogens with one attached hydrogen (secondary N) is 2. The fourth-order valence-corrected chi connectivity index (χ4v) is 2.22. The Labute approximate surface area is 90.1 Å². The normalized spacial score (nSPS) is 11.7. The molecule has 0 saturated carbocycles. The highest BCUT2D eigenvalue weighted by Gasteiger charge is 2.10. The quantitative estimate of drug-likeness (QED) is 0.810. The summed E-state index contributed by atoms with van der Waals surface area (Å²) in [6.07, 6.45) is 1.56. The first-order chi connectivity index (χ1) is 6.89. The molecule has 0 aliphatic rings. The van der Waals surface area contributed by atoms with E-state index in [0.717, 1.165) is 5.69 Å². The van der Waals surface area contributed by atoms with Gasteiger partial charge in [-0.25, -0.2) is 0 Å². The Hall–Kier alpha value is -1.14. The van der Waals surface area contributed by atoms with E-state index in [9.17, 15) is 8.42 Å². The van der Waals surface area contributed by atoms with Crippen LogP contribution in [0.25, 0.3) is 0 Å². The number of anilines is 1. The molecule has 0 fully saturated rings. The first-order valence-electron chi connectivity index (χ1n) is 4.62. The Balaban J connectivity index is 2.78. The lowest BCUT2D eigenvalue weighted by atomic mass is 10.3. The number of pyridine rings is 1. The van der Waals surface area contributed by atoms with Gasteiger partial charge in [0.05, 0.1) is 5.69 Å². The predicted octanol–water partition coefficient (Wildman–Crippen LogP) is 1.04. The molecule has 1 aromatic heterocycles. The third kappa shape index (κ3) is 4.26. The van der Waals surface area contributed by atoms with E-state index >= 15 is 0 Å². The summed E-state index contributed by atoms with van der Waals surface area (Å²) in [5.74, 6) is 0. The molecule has 0 saturated heterocycles. The van der Waals surface area contributed by atoms with Gasteiger partial charge in [-0.1, -0.05) is 0 Å². The van der Waals surface area contributed by atoms with Crippen molar-refractivity contribution in [3.8, 4) is 0 Å². The fourth-order valence-electron chi connectivity index (χ4n) is 1.10. The van der Waals surface area contributed by atoms with Gasteiger partial charge in [-0.2, -0.15) is 13.1 Å². The van der Waals surface area contributed by atoms with Crippen molar-refractivity contribution < 1.29 is 8.42 Å². The van der Waals surface area contributed by atoms with Crippen molar-refractivity contribution in [3.63, 3.8) is 0 Å². The van der Waals surface area contributed by atoms with Gasteiger partial charge in [0.15, 0.2) is 0 Å². The SMILES string of the molecule is Cc1cc(NS(=O)(=O)NC(C)C)ccn1. The van der Waals surface area contributed by atoms with Crippen LogP contribution in [0.15, 0.2) is 18.3 Å². The standard InChI is InChI=1S/C9H15N3O2S/c1-7(2)11-15(13,14)12-9-4-5-10-8(3)6-9/h4-7,11H,1-3H3,(H,10,12). The molecule has 0 aliphatic heterocycles. The fraction of sp³-hybridized carbons (Fsp3) is 0.444. The van der Waals surface area contributed by atoms with E-state index in [-0.39, 0.29) is 6.04 Å². The molecule has 6 heteroatoms. The lowest BCUT2D eigenvalue weighted by Gasteiger charge is -2.11. The molecular weight excluding hydrogens is 214 g/mol. The molecule has 2 N–H and O–H groups in total. The maximum atomic E-state index is 11.5. The third-order valence-corrected chi connectivity index (χ3v) is 2.83. The van der Waals surface area contributed by atoms with Crippen molar-refractivity contribution in [3.05, 3.63) is 24.0 Å². The highest BCUT2D eigenvalue weighted by Crippen LogP contribution is 2.08. The van der Waals surface area contributed by atoms with Gasteiger partial charge >= 0.3 is 0 Å². The number of rotatable bonds is 4. The summed E-state index contributed by atoms with van der Waals surface area (Å²) >= 11 is 0. The van der Waals surface area contributed by atoms with E-state index in [1.165, 1.54) is 0 Å². The second-order valence-electron chi connectivity index (χ2n) is 3.56. The van der Waals surface area contributed by atoms with Crippen LogP contribution in [0.4, 0.5) is 5.69 Å². The highest BCUT2D eigenvalue weighted by molar-refractivity contribution is 7.90. The Kier molecular flexibility index (Phi) is 3.65. The molecule has 0 aliphatic carbocycles. The van der Waals surface area contributed by atoms with Crippen LogP contribution in [0.3, 0.4) is 0 Å². The van der Waals surface area contributed by atoms with E-state index in [2.05, 4.69) is 14.4 Å². The molecule has 1 heterocycles. The first kappa shape index (κ1) is 11.9. The van der Waals surface area contributed by atoms with E-state index in [4.69, 9.17) is 0 Å². The lowest BCUT2D eigenvalue weighted by Crippen LogP contribution is -2.35. The van der Waals surface area contributed by atoms with Crippen LogP contribution in [0, 0.1) is 6.92 Å². The summed E-state index contributed by atoms with van der Waals surface area (Å²) in [6.45, 7) is 5.32. The van der Waals surface area contributed by atoms with Crippen molar-refractivity contribution in [2.45, 2.75) is 26.8 Å². The zero-order valence-electron chi connectivity index (χ0n) is 8.98. The smallest absolute Gasteiger partial charge is 0.271 e. The molecule has 1 rings (SSSR count). The topological polar surface area (TPSA) is 71.1 Å². The van der Waals surface area contributed by atoms with Crippen LogP contribution < -0.4 is 9.44 Å². The van der Waals surface area contributed by atoms with Crippen molar-refractivity contribution in [2.24, 2.45) is 0 Å². The summed E-state index contributed by atoms with van der Waals surface area (Å²) in [5.41, 5.74) is 1.27. The second kappa shape index (κ2) is 4.59. The molecule has 5 nitrogen and oxygen atoms in total. The minimum Gasteiger partial charge on any atom is -0.271 e. The average molecular weight is 229 g/mol. The monoisotopic (exact) mass is 229 g/mol. The summed E-state index contributed by atoms with van der Waals surface area (Å²) in [6, 6.07) is 3.14. The molecular formula is C9H15N3O2S. The van der Waals surface area contributed by atoms with Gasteiger partial charge in [0.2, 0.25) is 0 Å². The van der Waals surface area contributed by atoms with E-state index in [0.29, 0.717) is 5.69 Å². The average Bonchev–Trinajstić information content (AvgIpc) is 1.99. The summed E-state index contributed by atoms with van der Waals surface area (Å²) in [4.78, 5) is 3.98. The van der Waals surface area contributed by atoms with Gasteiger partial charge in [0.25, 0.3) is 10.2 Å². The van der Waals surface area contributed by atoms with Gasteiger partial charge in [0.1, 0.15) is 0 Å². The lowest BCUT2D eigenvalue weighted by molar-refractivity contribution is 0.575. The Morgan fingerprint density at radius 2 is 2.07 bits per heavy atom. The van der Waals surface area contributed by atoms with Gasteiger partial charge in [0, 0.05) is 17.9 Å². The van der Waals surface area contributed by atoms with Crippen molar-refractivity contribution in [2.75, 3.05) is 4.72 Å². The molecule has 0 radical (unpaired) electrons. The number of nitrogens with zero attached hydrogens (tertiary/aromatic N) is 1. The largest absolute Gasteiger partial charge is 0.299 e. The molecule has 0 aromatic carbocycles. The molecule has 0 unspecified atom stereocenters. The minimum atomic E-state index is -3.48. The zero-order valence-corrected chi connectivity index (χ0v) is 9.80. The maximum Gasteiger partial charge on any atom is 0.299 e. The van der Waals surface area contributed by atoms with E-state index in [1.807, 2.05) is 0 Å². The Bertz CT molecular complexity index is 429. The second-order valence-corrected chi connectivity index (χ2v) is 5.01. The minimum absolute atomic E-state index is 0.134. The number of hydrogen-bond acceptors (Lipinski definition) is 3. The van der Waals surface area contributed by atoms with Crippen molar-refractivity contribution in [1.82, 2.24) is 9.71 Å². The van der Waals surface area contributed by atoms with Gasteiger partial charge in [-0.3, -0.25) is 9.71 Å². The predicted molar refractivity (Wildman–Crippen MR) is 59.8 cm³/mol. The molecule has 0 amide bonds. The Morgan fingerprint density at radius 1 is 1.40 bits per heavy atom. The van der Waals surface area contributed by atoms with Crippen LogP contribution >= 0.6 is 0 Å². The molecule has 1 aromatic rings. The Morgan fingerprint density at radius 3 is 2.60 bits per heavy atom. The summed E-state index contributed by atoms with van der Waals surface area (Å²) < 4.78 is 27.8. The highest BCUT2D eigenvalue weighted by atomic mass is 32.2. The third-order valence-electron chi connectivity index (χ3n) is 1.54. The molecule has 0 spiro atoms. The van der Waals surface area contributed by atoms with Crippen LogP contribution in [-0.2, 0) is 10.2 Å². The molecule has 0 atom stereocenters. The number of hydrogen-bond donors (Lipinski definition) is 2. The summed E-state index contributed by atoms with van der Waals surface area (Å²) in [5, 5.41) is 0. The number of aromatic nitrogens is 1. The zero-order chi connectivity index (χ0) is 11.5. The molecule has 15 heavy (non-hydrogen) atoms. The summed E-state index contributed by atoms with van der Waals surface area (Å²) in [7, 11) is -3.48. The van der Waals surface area contributed by atoms with E-state index < -0.39 is 10.2 Å².